The molecule has 2 aliphatic heterocycles. The van der Waals surface area contributed by atoms with Crippen LogP contribution in [-0.2, 0) is 4.79 Å². The molecule has 0 aliphatic carbocycles. The molecule has 2 amide bonds. The number of amides is 2. The molecule has 2 aromatic heterocycles. The summed E-state index contributed by atoms with van der Waals surface area (Å²) >= 11 is 1.46. The Labute approximate surface area is 169 Å². The molecule has 2 fully saturated rings. The van der Waals surface area contributed by atoms with Crippen LogP contribution in [0, 0.1) is 0 Å². The van der Waals surface area contributed by atoms with Gasteiger partial charge in [-0.25, -0.2) is 0 Å². The molecule has 148 valence electrons. The van der Waals surface area contributed by atoms with Crippen LogP contribution in [0.4, 0.5) is 0 Å². The number of hydrogen-bond donors (Lipinski definition) is 1. The van der Waals surface area contributed by atoms with Gasteiger partial charge in [-0.3, -0.25) is 19.5 Å². The van der Waals surface area contributed by atoms with E-state index in [-0.39, 0.29) is 17.9 Å². The second-order valence-corrected chi connectivity index (χ2v) is 8.07. The van der Waals surface area contributed by atoms with Crippen molar-refractivity contribution in [1.29, 1.82) is 0 Å². The van der Waals surface area contributed by atoms with Gasteiger partial charge < -0.3 is 15.1 Å². The predicted molar refractivity (Wildman–Crippen MR) is 108 cm³/mol. The number of rotatable bonds is 4. The molecule has 1 N–H and O–H groups in total. The van der Waals surface area contributed by atoms with E-state index in [9.17, 15) is 9.59 Å². The Bertz CT molecular complexity index is 790. The summed E-state index contributed by atoms with van der Waals surface area (Å²) < 4.78 is 0. The maximum atomic E-state index is 12.9. The van der Waals surface area contributed by atoms with Crippen LogP contribution in [-0.4, -0.2) is 83.9 Å². The molecule has 1 atom stereocenters. The molecule has 4 rings (SSSR count). The Balaban J connectivity index is 1.33. The Kier molecular flexibility index (Phi) is 5.99. The highest BCUT2D eigenvalue weighted by molar-refractivity contribution is 7.12. The van der Waals surface area contributed by atoms with Gasteiger partial charge in [-0.1, -0.05) is 12.1 Å². The van der Waals surface area contributed by atoms with Crippen molar-refractivity contribution in [3.63, 3.8) is 0 Å². The van der Waals surface area contributed by atoms with Crippen molar-refractivity contribution in [2.45, 2.75) is 6.04 Å². The number of thiophene rings is 1. The number of nitrogens with one attached hydrogen (secondary N) is 1. The number of piperazine rings is 2. The summed E-state index contributed by atoms with van der Waals surface area (Å²) in [5.74, 6) is 0.208. The van der Waals surface area contributed by atoms with Crippen LogP contribution in [0.1, 0.15) is 21.3 Å². The summed E-state index contributed by atoms with van der Waals surface area (Å²) in [7, 11) is 0. The molecule has 1 unspecified atom stereocenters. The lowest BCUT2D eigenvalue weighted by Crippen LogP contribution is -2.54. The van der Waals surface area contributed by atoms with E-state index in [1.165, 1.54) is 11.3 Å². The van der Waals surface area contributed by atoms with Crippen LogP contribution < -0.4 is 5.32 Å². The zero-order valence-electron chi connectivity index (χ0n) is 15.8. The second kappa shape index (κ2) is 8.81. The third kappa shape index (κ3) is 4.24. The van der Waals surface area contributed by atoms with Crippen molar-refractivity contribution in [3.05, 3.63) is 52.5 Å². The fourth-order valence-electron chi connectivity index (χ4n) is 3.83. The Morgan fingerprint density at radius 3 is 2.64 bits per heavy atom. The van der Waals surface area contributed by atoms with Gasteiger partial charge in [0.2, 0.25) is 5.91 Å². The van der Waals surface area contributed by atoms with Gasteiger partial charge in [-0.2, -0.15) is 0 Å². The third-order valence-electron chi connectivity index (χ3n) is 5.41. The second-order valence-electron chi connectivity index (χ2n) is 7.13. The molecule has 0 aromatic carbocycles. The quantitative estimate of drug-likeness (QED) is 0.833. The number of hydrogen-bond acceptors (Lipinski definition) is 6. The summed E-state index contributed by atoms with van der Waals surface area (Å²) in [6.07, 6.45) is 3.65. The molecule has 8 heteroatoms. The van der Waals surface area contributed by atoms with E-state index < -0.39 is 0 Å². The van der Waals surface area contributed by atoms with Crippen molar-refractivity contribution < 1.29 is 9.59 Å². The van der Waals surface area contributed by atoms with Crippen LogP contribution in [0.2, 0.25) is 0 Å². The maximum absolute atomic E-state index is 12.9. The highest BCUT2D eigenvalue weighted by atomic mass is 32.1. The normalized spacial score (nSPS) is 20.9. The number of nitrogens with zero attached hydrogens (tertiary/aromatic N) is 4. The van der Waals surface area contributed by atoms with E-state index in [4.69, 9.17) is 0 Å². The molecule has 0 bridgehead atoms. The highest BCUT2D eigenvalue weighted by Crippen LogP contribution is 2.21. The Morgan fingerprint density at radius 1 is 1.11 bits per heavy atom. The van der Waals surface area contributed by atoms with Gasteiger partial charge in [-0.05, 0) is 23.1 Å². The van der Waals surface area contributed by atoms with E-state index in [1.54, 1.807) is 6.20 Å². The summed E-state index contributed by atoms with van der Waals surface area (Å²) in [6, 6.07) is 7.91. The lowest BCUT2D eigenvalue weighted by Gasteiger charge is -2.39. The van der Waals surface area contributed by atoms with Gasteiger partial charge in [-0.15, -0.1) is 11.3 Å². The number of aromatic nitrogens is 1. The zero-order valence-corrected chi connectivity index (χ0v) is 16.6. The van der Waals surface area contributed by atoms with Crippen LogP contribution in [0.15, 0.2) is 42.0 Å². The molecule has 28 heavy (non-hydrogen) atoms. The number of pyridine rings is 1. The topological polar surface area (TPSA) is 68.8 Å². The van der Waals surface area contributed by atoms with Crippen LogP contribution >= 0.6 is 11.3 Å². The van der Waals surface area contributed by atoms with Gasteiger partial charge in [0.05, 0.1) is 11.4 Å². The minimum atomic E-state index is 0.0702. The third-order valence-corrected chi connectivity index (χ3v) is 6.27. The summed E-state index contributed by atoms with van der Waals surface area (Å²) in [6.45, 7) is 5.32. The standard InChI is InChI=1S/C20H25N5O2S/c26-19(15-25-7-6-22-14-17(25)16-3-1-5-21-13-16)23-8-10-24(11-9-23)20(27)18-4-2-12-28-18/h1-5,12-13,17,22H,6-11,14-15H2. The molecular formula is C20H25N5O2S. The van der Waals surface area contributed by atoms with Crippen molar-refractivity contribution in [2.24, 2.45) is 0 Å². The average molecular weight is 400 g/mol. The first-order chi connectivity index (χ1) is 13.7. The summed E-state index contributed by atoms with van der Waals surface area (Å²) in [5.41, 5.74) is 1.13. The van der Waals surface area contributed by atoms with Gasteiger partial charge in [0, 0.05) is 64.2 Å². The minimum absolute atomic E-state index is 0.0702. The molecule has 0 spiro atoms. The fraction of sp³-hybridized carbons (Fsp3) is 0.450. The smallest absolute Gasteiger partial charge is 0.264 e. The molecule has 4 heterocycles. The maximum Gasteiger partial charge on any atom is 0.264 e. The van der Waals surface area contributed by atoms with E-state index in [2.05, 4.69) is 21.3 Å². The van der Waals surface area contributed by atoms with Crippen molar-refractivity contribution in [2.75, 3.05) is 52.4 Å². The van der Waals surface area contributed by atoms with Gasteiger partial charge >= 0.3 is 0 Å². The SMILES string of the molecule is O=C(CN1CCNCC1c1cccnc1)N1CCN(C(=O)c2cccs2)CC1. The zero-order chi connectivity index (χ0) is 19.3. The van der Waals surface area contributed by atoms with Crippen LogP contribution in [0.25, 0.3) is 0 Å². The molecular weight excluding hydrogens is 374 g/mol. The van der Waals surface area contributed by atoms with Gasteiger partial charge in [0.1, 0.15) is 0 Å². The Hall–Kier alpha value is -2.29. The van der Waals surface area contributed by atoms with E-state index in [1.807, 2.05) is 39.6 Å². The first kappa shape index (κ1) is 19.0. The highest BCUT2D eigenvalue weighted by Gasteiger charge is 2.29. The van der Waals surface area contributed by atoms with Crippen molar-refractivity contribution in [3.8, 4) is 0 Å². The first-order valence-corrected chi connectivity index (χ1v) is 10.6. The van der Waals surface area contributed by atoms with Crippen molar-refractivity contribution in [1.82, 2.24) is 25.0 Å². The molecule has 2 aliphatic rings. The van der Waals surface area contributed by atoms with E-state index >= 15 is 0 Å². The largest absolute Gasteiger partial charge is 0.338 e. The van der Waals surface area contributed by atoms with Gasteiger partial charge in [0.15, 0.2) is 0 Å². The molecule has 2 aromatic rings. The van der Waals surface area contributed by atoms with Crippen LogP contribution in [0.5, 0.6) is 0 Å². The van der Waals surface area contributed by atoms with Gasteiger partial charge in [0.25, 0.3) is 5.91 Å². The number of carbonyl (C=O) groups excluding carboxylic acids is 2. The monoisotopic (exact) mass is 399 g/mol. The summed E-state index contributed by atoms with van der Waals surface area (Å²) in [5, 5.41) is 5.33. The van der Waals surface area contributed by atoms with Crippen molar-refractivity contribution >= 4 is 23.2 Å². The van der Waals surface area contributed by atoms with E-state index in [0.717, 1.165) is 30.1 Å². The fourth-order valence-corrected chi connectivity index (χ4v) is 4.52. The first-order valence-electron chi connectivity index (χ1n) is 9.67. The minimum Gasteiger partial charge on any atom is -0.338 e. The molecule has 0 saturated carbocycles. The molecule has 0 radical (unpaired) electrons. The lowest BCUT2D eigenvalue weighted by molar-refractivity contribution is -0.134. The molecule has 2 saturated heterocycles. The average Bonchev–Trinajstić information content (AvgIpc) is 3.29. The lowest BCUT2D eigenvalue weighted by atomic mass is 10.1. The molecule has 7 nitrogen and oxygen atoms in total. The summed E-state index contributed by atoms with van der Waals surface area (Å²) in [4.78, 5) is 36.3. The van der Waals surface area contributed by atoms with E-state index in [0.29, 0.717) is 32.7 Å². The predicted octanol–water partition coefficient (Wildman–Crippen LogP) is 1.07. The number of carbonyl (C=O) groups is 2. The van der Waals surface area contributed by atoms with Crippen LogP contribution in [0.3, 0.4) is 0 Å². The Morgan fingerprint density at radius 2 is 1.93 bits per heavy atom.